The Morgan fingerprint density at radius 3 is 1.93 bits per heavy atom. The zero-order valence-electron chi connectivity index (χ0n) is 10.6. The van der Waals surface area contributed by atoms with E-state index in [1.807, 2.05) is 0 Å². The van der Waals surface area contributed by atoms with E-state index in [9.17, 15) is 0 Å². The Kier molecular flexibility index (Phi) is 6.60. The van der Waals surface area contributed by atoms with E-state index in [4.69, 9.17) is 0 Å². The van der Waals surface area contributed by atoms with Crippen LogP contribution in [-0.2, 0) is 0 Å². The van der Waals surface area contributed by atoms with Gasteiger partial charge in [-0.25, -0.2) is 0 Å². The van der Waals surface area contributed by atoms with Crippen molar-refractivity contribution >= 4 is 9.12 Å². The highest BCUT2D eigenvalue weighted by Gasteiger charge is 2.20. The van der Waals surface area contributed by atoms with Gasteiger partial charge in [0.2, 0.25) is 0 Å². The number of nitrogens with zero attached hydrogens (tertiary/aromatic N) is 1. The molecule has 0 atom stereocenters. The second kappa shape index (κ2) is 6.56. The summed E-state index contributed by atoms with van der Waals surface area (Å²) in [7, 11) is 3.24. The van der Waals surface area contributed by atoms with Crippen molar-refractivity contribution in [2.24, 2.45) is 0 Å². The van der Waals surface area contributed by atoms with E-state index < -0.39 is 9.12 Å². The monoisotopic (exact) mass is 217 g/mol. The summed E-state index contributed by atoms with van der Waals surface area (Å²) in [5.41, 5.74) is 0.301. The first-order valence-electron chi connectivity index (χ1n) is 5.55. The largest absolute Gasteiger partial charge is 0.331 e. The molecule has 0 aliphatic heterocycles. The first-order valence-corrected chi connectivity index (χ1v) is 7.52. The van der Waals surface area contributed by atoms with Gasteiger partial charge in [-0.15, -0.1) is 0 Å². The summed E-state index contributed by atoms with van der Waals surface area (Å²) in [6.07, 6.45) is 0. The highest BCUT2D eigenvalue weighted by atomic mass is 28.3. The Morgan fingerprint density at radius 1 is 1.14 bits per heavy atom. The van der Waals surface area contributed by atoms with Crippen LogP contribution in [0.2, 0.25) is 6.04 Å². The summed E-state index contributed by atoms with van der Waals surface area (Å²) in [5.74, 6) is 0. The minimum absolute atomic E-state index is 0.301. The highest BCUT2D eigenvalue weighted by Crippen LogP contribution is 2.12. The second-order valence-electron chi connectivity index (χ2n) is 4.67. The molecule has 14 heavy (non-hydrogen) atoms. The Hall–Kier alpha value is 0.0969. The molecular weight excluding hydrogens is 190 g/mol. The van der Waals surface area contributed by atoms with E-state index in [2.05, 4.69) is 56.7 Å². The maximum atomic E-state index is 3.38. The maximum Gasteiger partial charge on any atom is 0.185 e. The summed E-state index contributed by atoms with van der Waals surface area (Å²) >= 11 is 0. The molecule has 2 N–H and O–H groups in total. The quantitative estimate of drug-likeness (QED) is 0.644. The Morgan fingerprint density at radius 2 is 1.64 bits per heavy atom. The van der Waals surface area contributed by atoms with Gasteiger partial charge in [-0.3, -0.25) is 4.90 Å². The van der Waals surface area contributed by atoms with Gasteiger partial charge in [0.15, 0.2) is 9.12 Å². The molecule has 0 aromatic rings. The van der Waals surface area contributed by atoms with Crippen LogP contribution in [0.5, 0.6) is 0 Å². The van der Waals surface area contributed by atoms with Gasteiger partial charge in [0.1, 0.15) is 0 Å². The highest BCUT2D eigenvalue weighted by molar-refractivity contribution is 6.53. The van der Waals surface area contributed by atoms with E-state index in [-0.39, 0.29) is 0 Å². The smallest absolute Gasteiger partial charge is 0.185 e. The molecule has 0 aromatic carbocycles. The van der Waals surface area contributed by atoms with Crippen molar-refractivity contribution in [2.75, 3.05) is 27.2 Å². The molecule has 4 heteroatoms. The lowest BCUT2D eigenvalue weighted by Gasteiger charge is -2.35. The molecule has 0 aromatic heterocycles. The number of nitrogens with one attached hydrogen (secondary N) is 2. The number of hydrogen-bond acceptors (Lipinski definition) is 3. The minimum atomic E-state index is -0.876. The van der Waals surface area contributed by atoms with Crippen molar-refractivity contribution in [3.8, 4) is 0 Å². The molecule has 0 heterocycles. The fourth-order valence-electron chi connectivity index (χ4n) is 1.69. The van der Waals surface area contributed by atoms with E-state index in [0.29, 0.717) is 5.54 Å². The van der Waals surface area contributed by atoms with Crippen LogP contribution in [0.1, 0.15) is 27.7 Å². The third-order valence-corrected chi connectivity index (χ3v) is 4.94. The van der Waals surface area contributed by atoms with Gasteiger partial charge in [-0.05, 0) is 54.0 Å². The van der Waals surface area contributed by atoms with Crippen LogP contribution >= 0.6 is 0 Å². The third kappa shape index (κ3) is 5.10. The predicted molar refractivity (Wildman–Crippen MR) is 67.1 cm³/mol. The molecule has 0 unspecified atom stereocenters. The lowest BCUT2D eigenvalue weighted by atomic mass is 10.1. The third-order valence-electron chi connectivity index (χ3n) is 2.72. The molecule has 0 saturated carbocycles. The number of hydrogen-bond donors (Lipinski definition) is 2. The van der Waals surface area contributed by atoms with Gasteiger partial charge in [0.05, 0.1) is 0 Å². The molecule has 0 aliphatic rings. The molecule has 86 valence electrons. The van der Waals surface area contributed by atoms with Crippen molar-refractivity contribution in [1.82, 2.24) is 14.9 Å². The summed E-state index contributed by atoms with van der Waals surface area (Å²) in [6, 6.07) is 1.28. The SMILES string of the molecule is CCN(CC[SiH](NC)NC)C(C)(C)C. The van der Waals surface area contributed by atoms with Gasteiger partial charge < -0.3 is 9.96 Å². The fourth-order valence-corrected chi connectivity index (χ4v) is 3.12. The van der Waals surface area contributed by atoms with E-state index in [1.165, 1.54) is 12.6 Å². The van der Waals surface area contributed by atoms with Gasteiger partial charge in [0, 0.05) is 5.54 Å². The average Bonchev–Trinajstić information content (AvgIpc) is 2.10. The van der Waals surface area contributed by atoms with Crippen LogP contribution in [0.15, 0.2) is 0 Å². The van der Waals surface area contributed by atoms with Gasteiger partial charge in [-0.2, -0.15) is 0 Å². The van der Waals surface area contributed by atoms with Crippen molar-refractivity contribution in [3.63, 3.8) is 0 Å². The Labute approximate surface area is 91.0 Å². The van der Waals surface area contributed by atoms with Crippen LogP contribution < -0.4 is 9.96 Å². The zero-order chi connectivity index (χ0) is 11.2. The molecule has 0 rings (SSSR count). The molecule has 3 nitrogen and oxygen atoms in total. The van der Waals surface area contributed by atoms with E-state index >= 15 is 0 Å². The first-order chi connectivity index (χ1) is 6.45. The summed E-state index contributed by atoms with van der Waals surface area (Å²) in [4.78, 5) is 9.30. The Balaban J connectivity index is 3.95. The van der Waals surface area contributed by atoms with E-state index in [0.717, 1.165) is 6.54 Å². The van der Waals surface area contributed by atoms with Crippen molar-refractivity contribution in [2.45, 2.75) is 39.3 Å². The minimum Gasteiger partial charge on any atom is -0.331 e. The zero-order valence-corrected chi connectivity index (χ0v) is 11.8. The van der Waals surface area contributed by atoms with Crippen LogP contribution in [-0.4, -0.2) is 46.7 Å². The van der Waals surface area contributed by atoms with Crippen molar-refractivity contribution < 1.29 is 0 Å². The predicted octanol–water partition coefficient (Wildman–Crippen LogP) is 0.766. The average molecular weight is 217 g/mol. The summed E-state index contributed by atoms with van der Waals surface area (Å²) in [6.45, 7) is 11.4. The molecular formula is C10H27N3Si. The maximum absolute atomic E-state index is 3.38. The first kappa shape index (κ1) is 14.1. The van der Waals surface area contributed by atoms with Crippen molar-refractivity contribution in [3.05, 3.63) is 0 Å². The molecule has 0 radical (unpaired) electrons. The standard InChI is InChI=1S/C10H27N3Si/c1-7-13(10(2,3)4)8-9-14(11-5)12-6/h11-12,14H,7-9H2,1-6H3. The Bertz CT molecular complexity index is 141. The number of rotatable bonds is 6. The summed E-state index contributed by atoms with van der Waals surface area (Å²) in [5, 5.41) is 0. The van der Waals surface area contributed by atoms with Crippen LogP contribution in [0.25, 0.3) is 0 Å². The second-order valence-corrected chi connectivity index (χ2v) is 7.51. The van der Waals surface area contributed by atoms with Crippen LogP contribution in [0, 0.1) is 0 Å². The molecule has 0 fully saturated rings. The molecule has 0 saturated heterocycles. The van der Waals surface area contributed by atoms with Gasteiger partial charge >= 0.3 is 0 Å². The molecule has 0 aliphatic carbocycles. The molecule has 0 bridgehead atoms. The van der Waals surface area contributed by atoms with Gasteiger partial charge in [0.25, 0.3) is 0 Å². The summed E-state index contributed by atoms with van der Waals surface area (Å²) < 4.78 is 0. The van der Waals surface area contributed by atoms with Crippen molar-refractivity contribution in [1.29, 1.82) is 0 Å². The topological polar surface area (TPSA) is 27.3 Å². The van der Waals surface area contributed by atoms with Crippen LogP contribution in [0.4, 0.5) is 0 Å². The lowest BCUT2D eigenvalue weighted by Crippen LogP contribution is -2.48. The molecule has 0 spiro atoms. The fraction of sp³-hybridized carbons (Fsp3) is 1.00. The lowest BCUT2D eigenvalue weighted by molar-refractivity contribution is 0.153. The van der Waals surface area contributed by atoms with Gasteiger partial charge in [-0.1, -0.05) is 6.92 Å². The van der Waals surface area contributed by atoms with Crippen LogP contribution in [0.3, 0.4) is 0 Å². The molecule has 0 amide bonds. The van der Waals surface area contributed by atoms with E-state index in [1.54, 1.807) is 0 Å². The normalized spacial score (nSPS) is 12.9.